The van der Waals surface area contributed by atoms with E-state index in [0.29, 0.717) is 26.0 Å². The highest BCUT2D eigenvalue weighted by Crippen LogP contribution is 2.31. The molecular weight excluding hydrogens is 278 g/mol. The lowest BCUT2D eigenvalue weighted by molar-refractivity contribution is -0.118. The van der Waals surface area contributed by atoms with Gasteiger partial charge in [0.05, 0.1) is 19.3 Å². The summed E-state index contributed by atoms with van der Waals surface area (Å²) in [7, 11) is 1.65. The van der Waals surface area contributed by atoms with Gasteiger partial charge in [0, 0.05) is 6.42 Å². The zero-order valence-corrected chi connectivity index (χ0v) is 12.6. The number of hydrogen-bond acceptors (Lipinski definition) is 3. The van der Waals surface area contributed by atoms with Crippen LogP contribution >= 0.6 is 0 Å². The van der Waals surface area contributed by atoms with Crippen LogP contribution < -0.4 is 14.4 Å². The summed E-state index contributed by atoms with van der Waals surface area (Å²) in [4.78, 5) is 14.4. The predicted molar refractivity (Wildman–Crippen MR) is 85.6 cm³/mol. The van der Waals surface area contributed by atoms with Gasteiger partial charge in [0.25, 0.3) is 0 Å². The normalized spacial score (nSPS) is 13.2. The summed E-state index contributed by atoms with van der Waals surface area (Å²) in [5, 5.41) is 0. The first-order valence-electron chi connectivity index (χ1n) is 7.43. The fourth-order valence-electron chi connectivity index (χ4n) is 2.71. The summed E-state index contributed by atoms with van der Waals surface area (Å²) in [5.41, 5.74) is 1.92. The van der Waals surface area contributed by atoms with E-state index in [1.165, 1.54) is 0 Å². The third-order valence-electron chi connectivity index (χ3n) is 3.83. The summed E-state index contributed by atoms with van der Waals surface area (Å²) in [6.45, 7) is 1.14. The molecule has 1 aliphatic rings. The summed E-state index contributed by atoms with van der Waals surface area (Å²) in [6.07, 6.45) is 1.12. The Morgan fingerprint density at radius 2 is 1.95 bits per heavy atom. The van der Waals surface area contributed by atoms with Crippen LogP contribution in [0.25, 0.3) is 0 Å². The average molecular weight is 297 g/mol. The number of amides is 1. The molecule has 1 aliphatic heterocycles. The van der Waals surface area contributed by atoms with Crippen LogP contribution in [0.2, 0.25) is 0 Å². The highest BCUT2D eigenvalue weighted by molar-refractivity contribution is 5.95. The molecule has 4 heteroatoms. The highest BCUT2D eigenvalue weighted by atomic mass is 16.5. The van der Waals surface area contributed by atoms with Crippen LogP contribution in [0, 0.1) is 0 Å². The molecular formula is C18H19NO3. The number of anilines is 1. The molecule has 0 saturated heterocycles. The van der Waals surface area contributed by atoms with Gasteiger partial charge in [-0.15, -0.1) is 0 Å². The number of aryl methyl sites for hydroxylation is 1. The maximum absolute atomic E-state index is 12.6. The second-order valence-electron chi connectivity index (χ2n) is 5.17. The molecule has 114 valence electrons. The van der Waals surface area contributed by atoms with Gasteiger partial charge in [-0.1, -0.05) is 30.3 Å². The Balaban J connectivity index is 1.71. The Bertz CT molecular complexity index is 669. The van der Waals surface area contributed by atoms with Crippen molar-refractivity contribution in [2.45, 2.75) is 12.8 Å². The molecule has 0 atom stereocenters. The first-order chi connectivity index (χ1) is 10.8. The van der Waals surface area contributed by atoms with Crippen molar-refractivity contribution >= 4 is 11.6 Å². The minimum atomic E-state index is 0.113. The molecule has 0 spiro atoms. The molecule has 0 unspecified atom stereocenters. The van der Waals surface area contributed by atoms with Crippen LogP contribution in [-0.4, -0.2) is 26.2 Å². The molecule has 1 amide bonds. The molecule has 0 aromatic heterocycles. The summed E-state index contributed by atoms with van der Waals surface area (Å²) >= 11 is 0. The van der Waals surface area contributed by atoms with E-state index in [2.05, 4.69) is 0 Å². The first-order valence-corrected chi connectivity index (χ1v) is 7.43. The second kappa shape index (κ2) is 6.52. The van der Waals surface area contributed by atoms with E-state index in [9.17, 15) is 4.79 Å². The molecule has 0 saturated carbocycles. The van der Waals surface area contributed by atoms with E-state index in [-0.39, 0.29) is 5.91 Å². The quantitative estimate of drug-likeness (QED) is 0.870. The van der Waals surface area contributed by atoms with Crippen LogP contribution in [0.5, 0.6) is 11.5 Å². The Morgan fingerprint density at radius 3 is 2.82 bits per heavy atom. The summed E-state index contributed by atoms with van der Waals surface area (Å²) in [6, 6.07) is 15.5. The Labute approximate surface area is 130 Å². The van der Waals surface area contributed by atoms with Gasteiger partial charge in [-0.25, -0.2) is 0 Å². The molecule has 0 bridgehead atoms. The molecule has 4 nitrogen and oxygen atoms in total. The number of fused-ring (bicyclic) bond motifs is 1. The van der Waals surface area contributed by atoms with Crippen LogP contribution in [-0.2, 0) is 11.2 Å². The molecule has 22 heavy (non-hydrogen) atoms. The second-order valence-corrected chi connectivity index (χ2v) is 5.17. The molecule has 0 radical (unpaired) electrons. The van der Waals surface area contributed by atoms with E-state index in [0.717, 1.165) is 22.7 Å². The highest BCUT2D eigenvalue weighted by Gasteiger charge is 2.23. The van der Waals surface area contributed by atoms with Crippen LogP contribution in [0.1, 0.15) is 12.0 Å². The number of rotatable bonds is 4. The molecule has 0 N–H and O–H groups in total. The summed E-state index contributed by atoms with van der Waals surface area (Å²) in [5.74, 6) is 1.72. The van der Waals surface area contributed by atoms with Crippen molar-refractivity contribution in [3.05, 3.63) is 54.1 Å². The summed E-state index contributed by atoms with van der Waals surface area (Å²) < 4.78 is 10.9. The smallest absolute Gasteiger partial charge is 0.227 e. The largest absolute Gasteiger partial charge is 0.496 e. The van der Waals surface area contributed by atoms with Crippen molar-refractivity contribution in [2.75, 3.05) is 25.2 Å². The number of carbonyl (C=O) groups is 1. The van der Waals surface area contributed by atoms with E-state index in [1.54, 1.807) is 7.11 Å². The topological polar surface area (TPSA) is 38.8 Å². The van der Waals surface area contributed by atoms with Gasteiger partial charge in [0.15, 0.2) is 0 Å². The SMILES string of the molecule is COc1ccccc1CCC(=O)N1CCOc2ccccc21. The predicted octanol–water partition coefficient (Wildman–Crippen LogP) is 3.05. The van der Waals surface area contributed by atoms with Crippen molar-refractivity contribution in [1.29, 1.82) is 0 Å². The maximum atomic E-state index is 12.6. The van der Waals surface area contributed by atoms with Crippen LogP contribution in [0.15, 0.2) is 48.5 Å². The van der Waals surface area contributed by atoms with Crippen LogP contribution in [0.3, 0.4) is 0 Å². The Morgan fingerprint density at radius 1 is 1.18 bits per heavy atom. The monoisotopic (exact) mass is 297 g/mol. The van der Waals surface area contributed by atoms with Gasteiger partial charge in [-0.05, 0) is 30.2 Å². The van der Waals surface area contributed by atoms with E-state index in [1.807, 2.05) is 53.4 Å². The zero-order chi connectivity index (χ0) is 15.4. The average Bonchev–Trinajstić information content (AvgIpc) is 2.59. The van der Waals surface area contributed by atoms with Gasteiger partial charge < -0.3 is 14.4 Å². The van der Waals surface area contributed by atoms with Gasteiger partial charge in [0.2, 0.25) is 5.91 Å². The zero-order valence-electron chi connectivity index (χ0n) is 12.6. The lowest BCUT2D eigenvalue weighted by atomic mass is 10.1. The van der Waals surface area contributed by atoms with Gasteiger partial charge >= 0.3 is 0 Å². The van der Waals surface area contributed by atoms with Gasteiger partial charge in [-0.2, -0.15) is 0 Å². The van der Waals surface area contributed by atoms with E-state index >= 15 is 0 Å². The van der Waals surface area contributed by atoms with Gasteiger partial charge in [0.1, 0.15) is 18.1 Å². The number of carbonyl (C=O) groups excluding carboxylic acids is 1. The molecule has 0 aliphatic carbocycles. The lowest BCUT2D eigenvalue weighted by Gasteiger charge is -2.29. The molecule has 2 aromatic rings. The molecule has 0 fully saturated rings. The van der Waals surface area contributed by atoms with Crippen molar-refractivity contribution in [3.8, 4) is 11.5 Å². The molecule has 2 aromatic carbocycles. The molecule has 3 rings (SSSR count). The molecule has 1 heterocycles. The minimum Gasteiger partial charge on any atom is -0.496 e. The minimum absolute atomic E-state index is 0.113. The Kier molecular flexibility index (Phi) is 4.28. The first kappa shape index (κ1) is 14.4. The van der Waals surface area contributed by atoms with Crippen molar-refractivity contribution in [2.24, 2.45) is 0 Å². The Hall–Kier alpha value is -2.49. The number of methoxy groups -OCH3 is 1. The lowest BCUT2D eigenvalue weighted by Crippen LogP contribution is -2.38. The van der Waals surface area contributed by atoms with E-state index < -0.39 is 0 Å². The maximum Gasteiger partial charge on any atom is 0.227 e. The number of hydrogen-bond donors (Lipinski definition) is 0. The van der Waals surface area contributed by atoms with Crippen molar-refractivity contribution in [1.82, 2.24) is 0 Å². The standard InChI is InChI=1S/C18H19NO3/c1-21-16-8-4-2-6-14(16)10-11-18(20)19-12-13-22-17-9-5-3-7-15(17)19/h2-9H,10-13H2,1H3. The fourth-order valence-corrected chi connectivity index (χ4v) is 2.71. The third kappa shape index (κ3) is 2.91. The fraction of sp³-hybridized carbons (Fsp3) is 0.278. The van der Waals surface area contributed by atoms with Gasteiger partial charge in [-0.3, -0.25) is 4.79 Å². The van der Waals surface area contributed by atoms with Crippen molar-refractivity contribution in [3.63, 3.8) is 0 Å². The van der Waals surface area contributed by atoms with Crippen molar-refractivity contribution < 1.29 is 14.3 Å². The third-order valence-corrected chi connectivity index (χ3v) is 3.83. The van der Waals surface area contributed by atoms with E-state index in [4.69, 9.17) is 9.47 Å². The number of ether oxygens (including phenoxy) is 2. The number of benzene rings is 2. The number of para-hydroxylation sites is 3. The van der Waals surface area contributed by atoms with Crippen LogP contribution in [0.4, 0.5) is 5.69 Å². The number of nitrogens with zero attached hydrogens (tertiary/aromatic N) is 1.